The molecule has 0 atom stereocenters. The van der Waals surface area contributed by atoms with Gasteiger partial charge in [-0.05, 0) is 26.0 Å². The summed E-state index contributed by atoms with van der Waals surface area (Å²) in [5, 5.41) is 14.0. The summed E-state index contributed by atoms with van der Waals surface area (Å²) in [5.74, 6) is 0. The van der Waals surface area contributed by atoms with Gasteiger partial charge in [-0.3, -0.25) is 10.1 Å². The fourth-order valence-corrected chi connectivity index (χ4v) is 1.87. The predicted molar refractivity (Wildman–Crippen MR) is 73.6 cm³/mol. The molecule has 1 aromatic rings. The van der Waals surface area contributed by atoms with Crippen LogP contribution in [0.4, 0.5) is 5.69 Å². The third-order valence-electron chi connectivity index (χ3n) is 2.28. The van der Waals surface area contributed by atoms with E-state index < -0.39 is 0 Å². The molecule has 0 saturated carbocycles. The largest absolute Gasteiger partial charge is 0.377 e. The Kier molecular flexibility index (Phi) is 6.24. The van der Waals surface area contributed by atoms with Crippen LogP contribution in [-0.4, -0.2) is 24.2 Å². The number of hydrogen-bond acceptors (Lipinski definition) is 4. The number of hydrogen-bond donors (Lipinski definition) is 1. The second-order valence-electron chi connectivity index (χ2n) is 4.13. The zero-order chi connectivity index (χ0) is 13.5. The molecule has 0 amide bonds. The minimum absolute atomic E-state index is 0.135. The Morgan fingerprint density at radius 3 is 2.83 bits per heavy atom. The second kappa shape index (κ2) is 7.45. The molecule has 0 radical (unpaired) electrons. The third kappa shape index (κ3) is 5.12. The van der Waals surface area contributed by atoms with E-state index in [1.54, 1.807) is 12.1 Å². The minimum Gasteiger partial charge on any atom is -0.377 e. The number of nitrogens with zero attached hydrogens (tertiary/aromatic N) is 1. The molecule has 0 spiro atoms. The van der Waals surface area contributed by atoms with Crippen molar-refractivity contribution in [3.05, 3.63) is 38.3 Å². The highest BCUT2D eigenvalue weighted by atomic mass is 79.9. The van der Waals surface area contributed by atoms with E-state index in [0.717, 1.165) is 4.47 Å². The minimum atomic E-state index is -0.367. The molecule has 18 heavy (non-hydrogen) atoms. The Morgan fingerprint density at radius 2 is 2.22 bits per heavy atom. The molecule has 5 nitrogen and oxygen atoms in total. The topological polar surface area (TPSA) is 64.4 Å². The van der Waals surface area contributed by atoms with Gasteiger partial charge in [0.2, 0.25) is 0 Å². The highest BCUT2D eigenvalue weighted by Gasteiger charge is 2.12. The number of halogens is 1. The smallest absolute Gasteiger partial charge is 0.273 e. The van der Waals surface area contributed by atoms with Crippen molar-refractivity contribution in [2.45, 2.75) is 26.5 Å². The van der Waals surface area contributed by atoms with Crippen molar-refractivity contribution in [3.8, 4) is 0 Å². The maximum atomic E-state index is 10.8. The van der Waals surface area contributed by atoms with E-state index in [-0.39, 0.29) is 16.7 Å². The van der Waals surface area contributed by atoms with Crippen molar-refractivity contribution in [3.63, 3.8) is 0 Å². The lowest BCUT2D eigenvalue weighted by Gasteiger charge is -2.09. The molecule has 6 heteroatoms. The molecule has 0 aliphatic rings. The van der Waals surface area contributed by atoms with Crippen LogP contribution in [0.2, 0.25) is 0 Å². The molecule has 1 N–H and O–H groups in total. The van der Waals surface area contributed by atoms with Gasteiger partial charge >= 0.3 is 0 Å². The van der Waals surface area contributed by atoms with Crippen LogP contribution < -0.4 is 5.32 Å². The van der Waals surface area contributed by atoms with Gasteiger partial charge in [-0.15, -0.1) is 0 Å². The van der Waals surface area contributed by atoms with Crippen LogP contribution in [0.5, 0.6) is 0 Å². The van der Waals surface area contributed by atoms with E-state index in [0.29, 0.717) is 25.3 Å². The van der Waals surface area contributed by atoms with E-state index in [1.165, 1.54) is 6.07 Å². The van der Waals surface area contributed by atoms with E-state index in [1.807, 2.05) is 13.8 Å². The maximum Gasteiger partial charge on any atom is 0.273 e. The molecule has 1 rings (SSSR count). The average molecular weight is 317 g/mol. The number of ether oxygens (including phenoxy) is 1. The van der Waals surface area contributed by atoms with Gasteiger partial charge < -0.3 is 10.1 Å². The summed E-state index contributed by atoms with van der Waals surface area (Å²) in [6.45, 7) is 5.66. The average Bonchev–Trinajstić information content (AvgIpc) is 2.27. The van der Waals surface area contributed by atoms with Crippen LogP contribution in [0, 0.1) is 10.1 Å². The molecule has 0 unspecified atom stereocenters. The Morgan fingerprint density at radius 1 is 1.50 bits per heavy atom. The van der Waals surface area contributed by atoms with Gasteiger partial charge in [0.15, 0.2) is 0 Å². The van der Waals surface area contributed by atoms with Gasteiger partial charge in [0.1, 0.15) is 0 Å². The van der Waals surface area contributed by atoms with Gasteiger partial charge in [-0.1, -0.05) is 15.9 Å². The van der Waals surface area contributed by atoms with Crippen molar-refractivity contribution < 1.29 is 9.66 Å². The number of nitro groups is 1. The lowest BCUT2D eigenvalue weighted by atomic mass is 10.2. The van der Waals surface area contributed by atoms with Gasteiger partial charge in [0.05, 0.1) is 17.6 Å². The summed E-state index contributed by atoms with van der Waals surface area (Å²) < 4.78 is 6.21. The molecular weight excluding hydrogens is 300 g/mol. The Balaban J connectivity index is 2.50. The molecule has 0 aliphatic carbocycles. The van der Waals surface area contributed by atoms with Crippen molar-refractivity contribution in [1.82, 2.24) is 5.32 Å². The highest BCUT2D eigenvalue weighted by molar-refractivity contribution is 9.10. The van der Waals surface area contributed by atoms with Crippen molar-refractivity contribution in [1.29, 1.82) is 0 Å². The molecule has 0 fully saturated rings. The summed E-state index contributed by atoms with van der Waals surface area (Å²) in [6, 6.07) is 4.93. The quantitative estimate of drug-likeness (QED) is 0.477. The molecule has 0 saturated heterocycles. The third-order valence-corrected chi connectivity index (χ3v) is 2.78. The maximum absolute atomic E-state index is 10.8. The summed E-state index contributed by atoms with van der Waals surface area (Å²) in [5.41, 5.74) is 0.800. The zero-order valence-corrected chi connectivity index (χ0v) is 12.1. The summed E-state index contributed by atoms with van der Waals surface area (Å²) in [4.78, 5) is 10.5. The van der Waals surface area contributed by atoms with Crippen LogP contribution in [-0.2, 0) is 11.3 Å². The summed E-state index contributed by atoms with van der Waals surface area (Å²) >= 11 is 3.31. The van der Waals surface area contributed by atoms with Crippen LogP contribution in [0.3, 0.4) is 0 Å². The molecule has 0 heterocycles. The van der Waals surface area contributed by atoms with E-state index >= 15 is 0 Å². The summed E-state index contributed by atoms with van der Waals surface area (Å²) in [7, 11) is 0. The van der Waals surface area contributed by atoms with Crippen LogP contribution >= 0.6 is 15.9 Å². The standard InChI is InChI=1S/C12H17BrN2O3/c1-9(2)18-6-5-14-8-10-7-11(13)3-4-12(10)15(16)17/h3-4,7,9,14H,5-6,8H2,1-2H3. The normalized spacial score (nSPS) is 10.9. The van der Waals surface area contributed by atoms with E-state index in [2.05, 4.69) is 21.2 Å². The Labute approximate surface area is 115 Å². The van der Waals surface area contributed by atoms with Crippen LogP contribution in [0.25, 0.3) is 0 Å². The number of nitrogens with one attached hydrogen (secondary N) is 1. The van der Waals surface area contributed by atoms with E-state index in [9.17, 15) is 10.1 Å². The molecule has 100 valence electrons. The molecule has 0 bridgehead atoms. The fourth-order valence-electron chi connectivity index (χ4n) is 1.46. The SMILES string of the molecule is CC(C)OCCNCc1cc(Br)ccc1[N+](=O)[O-]. The van der Waals surface area contributed by atoms with Gasteiger partial charge in [0.25, 0.3) is 5.69 Å². The lowest BCUT2D eigenvalue weighted by Crippen LogP contribution is -2.21. The first-order valence-corrected chi connectivity index (χ1v) is 6.55. The second-order valence-corrected chi connectivity index (χ2v) is 5.04. The monoisotopic (exact) mass is 316 g/mol. The highest BCUT2D eigenvalue weighted by Crippen LogP contribution is 2.22. The van der Waals surface area contributed by atoms with Crippen LogP contribution in [0.1, 0.15) is 19.4 Å². The van der Waals surface area contributed by atoms with Crippen molar-refractivity contribution >= 4 is 21.6 Å². The van der Waals surface area contributed by atoms with Gasteiger partial charge in [0, 0.05) is 29.2 Å². The Bertz CT molecular complexity index is 410. The van der Waals surface area contributed by atoms with Crippen LogP contribution in [0.15, 0.2) is 22.7 Å². The van der Waals surface area contributed by atoms with Crippen molar-refractivity contribution in [2.24, 2.45) is 0 Å². The molecular formula is C12H17BrN2O3. The molecule has 0 aromatic heterocycles. The molecule has 1 aromatic carbocycles. The first-order chi connectivity index (χ1) is 8.50. The lowest BCUT2D eigenvalue weighted by molar-refractivity contribution is -0.385. The zero-order valence-electron chi connectivity index (χ0n) is 10.5. The Hall–Kier alpha value is -0.980. The number of nitro benzene ring substituents is 1. The number of benzene rings is 1. The number of rotatable bonds is 7. The fraction of sp³-hybridized carbons (Fsp3) is 0.500. The van der Waals surface area contributed by atoms with Gasteiger partial charge in [-0.2, -0.15) is 0 Å². The predicted octanol–water partition coefficient (Wildman–Crippen LogP) is 2.87. The van der Waals surface area contributed by atoms with Crippen molar-refractivity contribution in [2.75, 3.05) is 13.2 Å². The summed E-state index contributed by atoms with van der Waals surface area (Å²) in [6.07, 6.45) is 0.201. The first-order valence-electron chi connectivity index (χ1n) is 5.76. The van der Waals surface area contributed by atoms with E-state index in [4.69, 9.17) is 4.74 Å². The first kappa shape index (κ1) is 15.1. The van der Waals surface area contributed by atoms with Gasteiger partial charge in [-0.25, -0.2) is 0 Å². The molecule has 0 aliphatic heterocycles.